The maximum absolute atomic E-state index is 10.8. The van der Waals surface area contributed by atoms with Crippen LogP contribution in [0.5, 0.6) is 11.5 Å². The Balaban J connectivity index is 3.20. The second-order valence-electron chi connectivity index (χ2n) is 3.13. The molecule has 0 heterocycles. The minimum Gasteiger partial charge on any atom is -0.493 e. The van der Waals surface area contributed by atoms with Crippen LogP contribution in [0.1, 0.15) is 5.56 Å². The van der Waals surface area contributed by atoms with Gasteiger partial charge < -0.3 is 14.2 Å². The molecule has 0 spiro atoms. The number of nitro benzene ring substituents is 1. The van der Waals surface area contributed by atoms with Gasteiger partial charge in [0.15, 0.2) is 11.5 Å². The Morgan fingerprint density at radius 3 is 2.28 bits per heavy atom. The lowest BCUT2D eigenvalue weighted by molar-refractivity contribution is -0.385. The van der Waals surface area contributed by atoms with Crippen molar-refractivity contribution in [3.8, 4) is 11.5 Å². The van der Waals surface area contributed by atoms with Gasteiger partial charge in [0.1, 0.15) is 6.61 Å². The van der Waals surface area contributed by atoms with Crippen LogP contribution in [0.15, 0.2) is 12.1 Å². The molecular weight excluding hydrogens is 246 g/mol. The fraction of sp³-hybridized carbons (Fsp3) is 0.300. The van der Waals surface area contributed by atoms with Crippen LogP contribution in [0.2, 0.25) is 0 Å². The maximum Gasteiger partial charge on any atom is 0.550 e. The Hall–Kier alpha value is -2.51. The molecule has 0 N–H and O–H groups in total. The van der Waals surface area contributed by atoms with Gasteiger partial charge in [0.2, 0.25) is 0 Å². The molecular formula is C10H10NO7. The summed E-state index contributed by atoms with van der Waals surface area (Å²) in [7, 11) is 2.69. The predicted molar refractivity (Wildman–Crippen MR) is 57.1 cm³/mol. The predicted octanol–water partition coefficient (Wildman–Crippen LogP) is 1.68. The molecule has 0 saturated carbocycles. The fourth-order valence-electron chi connectivity index (χ4n) is 1.33. The molecule has 0 bridgehead atoms. The van der Waals surface area contributed by atoms with E-state index >= 15 is 0 Å². The Morgan fingerprint density at radius 2 is 1.83 bits per heavy atom. The molecule has 0 aliphatic carbocycles. The first-order chi connectivity index (χ1) is 8.49. The highest BCUT2D eigenvalue weighted by molar-refractivity contribution is 5.58. The van der Waals surface area contributed by atoms with Crippen molar-refractivity contribution in [1.29, 1.82) is 0 Å². The molecule has 8 nitrogen and oxygen atoms in total. The number of ether oxygens (including phenoxy) is 3. The molecule has 0 aliphatic rings. The van der Waals surface area contributed by atoms with E-state index in [1.807, 2.05) is 0 Å². The SMILES string of the molecule is COc1cc(COC([O])=O)c([N+](=O)[O-])cc1OC. The van der Waals surface area contributed by atoms with Crippen molar-refractivity contribution in [2.45, 2.75) is 6.61 Å². The minimum absolute atomic E-state index is 0.0434. The second kappa shape index (κ2) is 5.71. The Morgan fingerprint density at radius 1 is 1.28 bits per heavy atom. The fourth-order valence-corrected chi connectivity index (χ4v) is 1.33. The number of nitro groups is 1. The largest absolute Gasteiger partial charge is 0.550 e. The van der Waals surface area contributed by atoms with E-state index in [4.69, 9.17) is 9.47 Å². The molecule has 0 fully saturated rings. The van der Waals surface area contributed by atoms with Crippen molar-refractivity contribution in [3.63, 3.8) is 0 Å². The van der Waals surface area contributed by atoms with E-state index in [1.54, 1.807) is 0 Å². The van der Waals surface area contributed by atoms with Gasteiger partial charge in [-0.1, -0.05) is 0 Å². The summed E-state index contributed by atoms with van der Waals surface area (Å²) in [5, 5.41) is 21.0. The van der Waals surface area contributed by atoms with Crippen LogP contribution >= 0.6 is 0 Å². The summed E-state index contributed by atoms with van der Waals surface area (Å²) in [5.41, 5.74) is -0.282. The van der Waals surface area contributed by atoms with Crippen LogP contribution in [0.25, 0.3) is 0 Å². The van der Waals surface area contributed by atoms with E-state index in [-0.39, 0.29) is 22.7 Å². The minimum atomic E-state index is -1.76. The van der Waals surface area contributed by atoms with Crippen LogP contribution in [0.3, 0.4) is 0 Å². The molecule has 0 unspecified atom stereocenters. The van der Waals surface area contributed by atoms with Gasteiger partial charge in [-0.3, -0.25) is 10.1 Å². The summed E-state index contributed by atoms with van der Waals surface area (Å²) < 4.78 is 14.1. The summed E-state index contributed by atoms with van der Waals surface area (Å²) in [6.07, 6.45) is -1.76. The highest BCUT2D eigenvalue weighted by Crippen LogP contribution is 2.34. The molecule has 1 aromatic rings. The lowest BCUT2D eigenvalue weighted by Crippen LogP contribution is -2.03. The number of methoxy groups -OCH3 is 2. The standard InChI is InChI=1S/C10H10NO7/c1-16-8-3-6(5-18-10(12)13)7(11(14)15)4-9(8)17-2/h3-4H,5H2,1-2H3. The first kappa shape index (κ1) is 13.6. The zero-order chi connectivity index (χ0) is 13.7. The highest BCUT2D eigenvalue weighted by atomic mass is 16.7. The molecule has 0 amide bonds. The average Bonchev–Trinajstić information content (AvgIpc) is 2.34. The number of carbonyl (C=O) groups is 1. The van der Waals surface area contributed by atoms with E-state index in [2.05, 4.69) is 4.74 Å². The molecule has 8 heteroatoms. The molecule has 18 heavy (non-hydrogen) atoms. The van der Waals surface area contributed by atoms with Gasteiger partial charge in [-0.2, -0.15) is 9.90 Å². The van der Waals surface area contributed by atoms with Gasteiger partial charge in [-0.05, 0) is 6.07 Å². The number of benzene rings is 1. The number of rotatable bonds is 5. The van der Waals surface area contributed by atoms with Crippen LogP contribution in [0.4, 0.5) is 10.5 Å². The Kier molecular flexibility index (Phi) is 4.30. The summed E-state index contributed by atoms with van der Waals surface area (Å²) in [6, 6.07) is 2.41. The molecule has 0 aliphatic heterocycles. The third-order valence-electron chi connectivity index (χ3n) is 2.13. The normalized spacial score (nSPS) is 9.67. The van der Waals surface area contributed by atoms with Crippen molar-refractivity contribution in [1.82, 2.24) is 0 Å². The van der Waals surface area contributed by atoms with E-state index < -0.39 is 17.7 Å². The monoisotopic (exact) mass is 256 g/mol. The summed E-state index contributed by atoms with van der Waals surface area (Å²) in [5.74, 6) is 0.404. The number of carbonyl (C=O) groups excluding carboxylic acids is 1. The smallest absolute Gasteiger partial charge is 0.493 e. The lowest BCUT2D eigenvalue weighted by Gasteiger charge is -2.09. The third-order valence-corrected chi connectivity index (χ3v) is 2.13. The molecule has 1 aromatic carbocycles. The lowest BCUT2D eigenvalue weighted by atomic mass is 10.1. The topological polar surface area (TPSA) is 108 Å². The van der Waals surface area contributed by atoms with Gasteiger partial charge in [0.05, 0.1) is 30.8 Å². The second-order valence-corrected chi connectivity index (χ2v) is 3.13. The van der Waals surface area contributed by atoms with Crippen LogP contribution in [0, 0.1) is 10.1 Å². The van der Waals surface area contributed by atoms with Crippen molar-refractivity contribution in [2.24, 2.45) is 0 Å². The summed E-state index contributed by atoms with van der Waals surface area (Å²) in [6.45, 7) is -0.501. The van der Waals surface area contributed by atoms with Crippen molar-refractivity contribution < 1.29 is 29.0 Å². The summed E-state index contributed by atoms with van der Waals surface area (Å²) >= 11 is 0. The van der Waals surface area contributed by atoms with Gasteiger partial charge in [-0.25, -0.2) is 0 Å². The van der Waals surface area contributed by atoms with E-state index in [9.17, 15) is 20.0 Å². The third kappa shape index (κ3) is 3.00. The van der Waals surface area contributed by atoms with E-state index in [0.29, 0.717) is 0 Å². The first-order valence-corrected chi connectivity index (χ1v) is 4.72. The van der Waals surface area contributed by atoms with Crippen LogP contribution < -0.4 is 9.47 Å². The number of hydrogen-bond donors (Lipinski definition) is 0. The van der Waals surface area contributed by atoms with Crippen molar-refractivity contribution >= 4 is 11.8 Å². The van der Waals surface area contributed by atoms with Crippen LogP contribution in [-0.4, -0.2) is 25.3 Å². The zero-order valence-electron chi connectivity index (χ0n) is 9.67. The summed E-state index contributed by atoms with van der Waals surface area (Å²) in [4.78, 5) is 20.3. The van der Waals surface area contributed by atoms with Gasteiger partial charge >= 0.3 is 6.16 Å². The maximum atomic E-state index is 10.8. The van der Waals surface area contributed by atoms with Gasteiger partial charge in [-0.15, -0.1) is 0 Å². The molecule has 97 valence electrons. The van der Waals surface area contributed by atoms with Crippen molar-refractivity contribution in [3.05, 3.63) is 27.8 Å². The van der Waals surface area contributed by atoms with Crippen molar-refractivity contribution in [2.75, 3.05) is 14.2 Å². The molecule has 1 radical (unpaired) electrons. The number of nitrogens with zero attached hydrogens (tertiary/aromatic N) is 1. The number of hydrogen-bond acceptors (Lipinski definition) is 6. The molecule has 1 rings (SSSR count). The molecule has 0 saturated heterocycles. The van der Waals surface area contributed by atoms with E-state index in [0.717, 1.165) is 6.07 Å². The van der Waals surface area contributed by atoms with Gasteiger partial charge in [0, 0.05) is 0 Å². The van der Waals surface area contributed by atoms with E-state index in [1.165, 1.54) is 20.3 Å². The zero-order valence-corrected chi connectivity index (χ0v) is 9.67. The quantitative estimate of drug-likeness (QED) is 0.450. The van der Waals surface area contributed by atoms with Crippen LogP contribution in [-0.2, 0) is 16.5 Å². The highest BCUT2D eigenvalue weighted by Gasteiger charge is 2.20. The molecule has 0 aromatic heterocycles. The van der Waals surface area contributed by atoms with Gasteiger partial charge in [0.25, 0.3) is 5.69 Å². The Bertz CT molecular complexity index is 472. The first-order valence-electron chi connectivity index (χ1n) is 4.72. The average molecular weight is 256 g/mol. The molecule has 0 atom stereocenters. The Labute approximate surface area is 102 Å².